The standard InChI is InChI=1S/C10H12Br2N2/c1-7(2)5-14-10(12)9-4-3-8(11)6-13-9/h3-4,6-7H,5H2,1-2H3. The maximum Gasteiger partial charge on any atom is 0.126 e. The highest BCUT2D eigenvalue weighted by Crippen LogP contribution is 2.10. The van der Waals surface area contributed by atoms with Crippen LogP contribution in [0.1, 0.15) is 19.5 Å². The van der Waals surface area contributed by atoms with Crippen LogP contribution in [0.25, 0.3) is 0 Å². The predicted octanol–water partition coefficient (Wildman–Crippen LogP) is 3.64. The molecule has 0 aliphatic carbocycles. The zero-order valence-electron chi connectivity index (χ0n) is 8.17. The third-order valence-corrected chi connectivity index (χ3v) is 2.66. The first-order chi connectivity index (χ1) is 6.59. The number of nitrogens with zero attached hydrogens (tertiary/aromatic N) is 2. The minimum Gasteiger partial charge on any atom is -0.275 e. The van der Waals surface area contributed by atoms with E-state index in [4.69, 9.17) is 0 Å². The van der Waals surface area contributed by atoms with Crippen LogP contribution >= 0.6 is 31.9 Å². The second-order valence-electron chi connectivity index (χ2n) is 3.39. The fourth-order valence-electron chi connectivity index (χ4n) is 0.842. The van der Waals surface area contributed by atoms with E-state index in [0.717, 1.165) is 21.3 Å². The number of halogens is 2. The average molecular weight is 320 g/mol. The summed E-state index contributed by atoms with van der Waals surface area (Å²) in [7, 11) is 0. The lowest BCUT2D eigenvalue weighted by atomic mass is 10.2. The van der Waals surface area contributed by atoms with E-state index in [2.05, 4.69) is 55.7 Å². The molecule has 0 aliphatic rings. The number of aliphatic imine (C=N–C) groups is 1. The molecule has 1 heterocycles. The van der Waals surface area contributed by atoms with E-state index >= 15 is 0 Å². The second-order valence-corrected chi connectivity index (χ2v) is 5.05. The van der Waals surface area contributed by atoms with Crippen molar-refractivity contribution in [2.45, 2.75) is 13.8 Å². The van der Waals surface area contributed by atoms with E-state index in [1.165, 1.54) is 0 Å². The molecule has 76 valence electrons. The van der Waals surface area contributed by atoms with Gasteiger partial charge in [-0.15, -0.1) is 0 Å². The molecule has 0 bridgehead atoms. The van der Waals surface area contributed by atoms with Gasteiger partial charge in [0.05, 0.1) is 5.69 Å². The summed E-state index contributed by atoms with van der Waals surface area (Å²) in [5.74, 6) is 0.568. The fraction of sp³-hybridized carbons (Fsp3) is 0.400. The third-order valence-electron chi connectivity index (χ3n) is 1.53. The highest BCUT2D eigenvalue weighted by atomic mass is 79.9. The molecule has 4 heteroatoms. The summed E-state index contributed by atoms with van der Waals surface area (Å²) in [5, 5.41) is 0. The Hall–Kier alpha value is -0.220. The van der Waals surface area contributed by atoms with Gasteiger partial charge < -0.3 is 0 Å². The molecule has 0 atom stereocenters. The summed E-state index contributed by atoms with van der Waals surface area (Å²) in [6.45, 7) is 5.09. The fourth-order valence-corrected chi connectivity index (χ4v) is 1.46. The van der Waals surface area contributed by atoms with Crippen LogP contribution in [-0.4, -0.2) is 16.1 Å². The van der Waals surface area contributed by atoms with E-state index in [9.17, 15) is 0 Å². The maximum atomic E-state index is 4.38. The van der Waals surface area contributed by atoms with Crippen LogP contribution in [0, 0.1) is 5.92 Å². The molecule has 0 saturated heterocycles. The molecule has 0 radical (unpaired) electrons. The molecule has 0 amide bonds. The zero-order chi connectivity index (χ0) is 10.6. The van der Waals surface area contributed by atoms with Crippen LogP contribution in [0.5, 0.6) is 0 Å². The lowest BCUT2D eigenvalue weighted by Crippen LogP contribution is -1.99. The zero-order valence-corrected chi connectivity index (χ0v) is 11.3. The highest BCUT2D eigenvalue weighted by Gasteiger charge is 2.00. The van der Waals surface area contributed by atoms with Crippen LogP contribution in [-0.2, 0) is 0 Å². The summed E-state index contributed by atoms with van der Waals surface area (Å²) in [6.07, 6.45) is 1.77. The lowest BCUT2D eigenvalue weighted by molar-refractivity contribution is 0.667. The van der Waals surface area contributed by atoms with Crippen molar-refractivity contribution in [1.82, 2.24) is 4.98 Å². The number of aromatic nitrogens is 1. The Kier molecular flexibility index (Phi) is 4.75. The molecule has 1 rings (SSSR count). The van der Waals surface area contributed by atoms with Crippen LogP contribution < -0.4 is 0 Å². The summed E-state index contributed by atoms with van der Waals surface area (Å²) < 4.78 is 1.80. The van der Waals surface area contributed by atoms with Crippen LogP contribution in [0.2, 0.25) is 0 Å². The molecular weight excluding hydrogens is 308 g/mol. The molecule has 0 spiro atoms. The molecule has 1 aromatic rings. The molecule has 1 aromatic heterocycles. The Balaban J connectivity index is 2.73. The number of pyridine rings is 1. The Labute approximate surface area is 101 Å². The molecule has 14 heavy (non-hydrogen) atoms. The number of hydrogen-bond donors (Lipinski definition) is 0. The van der Waals surface area contributed by atoms with Gasteiger partial charge in [-0.25, -0.2) is 0 Å². The first-order valence-electron chi connectivity index (χ1n) is 4.41. The normalized spacial score (nSPS) is 12.2. The van der Waals surface area contributed by atoms with Gasteiger partial charge in [0.2, 0.25) is 0 Å². The predicted molar refractivity (Wildman–Crippen MR) is 67.1 cm³/mol. The van der Waals surface area contributed by atoms with Gasteiger partial charge in [-0.1, -0.05) is 13.8 Å². The van der Waals surface area contributed by atoms with Crippen molar-refractivity contribution in [1.29, 1.82) is 0 Å². The van der Waals surface area contributed by atoms with Crippen molar-refractivity contribution in [3.8, 4) is 0 Å². The maximum absolute atomic E-state index is 4.38. The Morgan fingerprint density at radius 2 is 2.21 bits per heavy atom. The van der Waals surface area contributed by atoms with Crippen molar-refractivity contribution in [2.75, 3.05) is 6.54 Å². The SMILES string of the molecule is CC(C)CN=C(Br)c1ccc(Br)cn1. The van der Waals surface area contributed by atoms with Gasteiger partial charge in [-0.2, -0.15) is 0 Å². The molecule has 2 nitrogen and oxygen atoms in total. The van der Waals surface area contributed by atoms with E-state index in [-0.39, 0.29) is 0 Å². The van der Waals surface area contributed by atoms with E-state index < -0.39 is 0 Å². The summed E-state index contributed by atoms with van der Waals surface area (Å²) >= 11 is 6.75. The first-order valence-corrected chi connectivity index (χ1v) is 6.00. The van der Waals surface area contributed by atoms with Gasteiger partial charge in [0, 0.05) is 17.2 Å². The minimum absolute atomic E-state index is 0.568. The van der Waals surface area contributed by atoms with Crippen molar-refractivity contribution in [3.63, 3.8) is 0 Å². The van der Waals surface area contributed by atoms with Gasteiger partial charge in [-0.05, 0) is 49.9 Å². The largest absolute Gasteiger partial charge is 0.275 e. The molecule has 0 unspecified atom stereocenters. The summed E-state index contributed by atoms with van der Waals surface area (Å²) in [4.78, 5) is 8.61. The highest BCUT2D eigenvalue weighted by molar-refractivity contribution is 9.18. The first kappa shape index (κ1) is 11.9. The Morgan fingerprint density at radius 1 is 1.50 bits per heavy atom. The average Bonchev–Trinajstić information content (AvgIpc) is 2.15. The van der Waals surface area contributed by atoms with E-state index in [1.54, 1.807) is 6.20 Å². The van der Waals surface area contributed by atoms with Gasteiger partial charge in [-0.3, -0.25) is 9.98 Å². The third kappa shape index (κ3) is 3.88. The van der Waals surface area contributed by atoms with E-state index in [0.29, 0.717) is 5.92 Å². The number of hydrogen-bond acceptors (Lipinski definition) is 2. The van der Waals surface area contributed by atoms with Gasteiger partial charge >= 0.3 is 0 Å². The van der Waals surface area contributed by atoms with Crippen molar-refractivity contribution >= 4 is 36.5 Å². The molecule has 0 aliphatic heterocycles. The van der Waals surface area contributed by atoms with Gasteiger partial charge in [0.1, 0.15) is 4.62 Å². The molecule has 0 N–H and O–H groups in total. The van der Waals surface area contributed by atoms with Gasteiger partial charge in [0.15, 0.2) is 0 Å². The second kappa shape index (κ2) is 5.61. The van der Waals surface area contributed by atoms with Gasteiger partial charge in [0.25, 0.3) is 0 Å². The van der Waals surface area contributed by atoms with Crippen LogP contribution in [0.15, 0.2) is 27.8 Å². The van der Waals surface area contributed by atoms with Crippen LogP contribution in [0.4, 0.5) is 0 Å². The Bertz CT molecular complexity index is 317. The summed E-state index contributed by atoms with van der Waals surface area (Å²) in [6, 6.07) is 3.88. The topological polar surface area (TPSA) is 25.2 Å². The quantitative estimate of drug-likeness (QED) is 0.781. The number of rotatable bonds is 3. The summed E-state index contributed by atoms with van der Waals surface area (Å²) in [5.41, 5.74) is 0.869. The van der Waals surface area contributed by atoms with E-state index in [1.807, 2.05) is 12.1 Å². The monoisotopic (exact) mass is 318 g/mol. The smallest absolute Gasteiger partial charge is 0.126 e. The molecular formula is C10H12Br2N2. The van der Waals surface area contributed by atoms with Crippen molar-refractivity contribution < 1.29 is 0 Å². The molecule has 0 aromatic carbocycles. The lowest BCUT2D eigenvalue weighted by Gasteiger charge is -2.01. The molecule has 0 fully saturated rings. The van der Waals surface area contributed by atoms with Crippen molar-refractivity contribution in [3.05, 3.63) is 28.5 Å². The minimum atomic E-state index is 0.568. The van der Waals surface area contributed by atoms with Crippen molar-refractivity contribution in [2.24, 2.45) is 10.9 Å². The van der Waals surface area contributed by atoms with Crippen LogP contribution in [0.3, 0.4) is 0 Å². The Morgan fingerprint density at radius 3 is 2.71 bits per heavy atom. The molecule has 0 saturated carbocycles.